The van der Waals surface area contributed by atoms with Crippen LogP contribution in [0.4, 0.5) is 23.1 Å². The number of piperazine rings is 1. The monoisotopic (exact) mass is 817 g/mol. The molecule has 4 aromatic rings. The first-order valence-electron chi connectivity index (χ1n) is 20.5. The van der Waals surface area contributed by atoms with Crippen LogP contribution in [0.2, 0.25) is 0 Å². The molecular formula is C42H47N11O7. The largest absolute Gasteiger partial charge is 0.384 e. The molecule has 312 valence electrons. The zero-order valence-corrected chi connectivity index (χ0v) is 33.6. The second kappa shape index (κ2) is 17.0. The van der Waals surface area contributed by atoms with Crippen LogP contribution in [0.15, 0.2) is 47.5 Å². The quantitative estimate of drug-likeness (QED) is 0.0867. The number of carbonyl (C=O) groups is 6. The Hall–Kier alpha value is -6.56. The van der Waals surface area contributed by atoms with E-state index in [2.05, 4.69) is 41.0 Å². The van der Waals surface area contributed by atoms with E-state index in [1.54, 1.807) is 42.1 Å². The number of carbonyl (C=O) groups excluding carboxylic acids is 6. The van der Waals surface area contributed by atoms with Gasteiger partial charge in [0.25, 0.3) is 17.4 Å². The number of ketones is 1. The number of aryl methyl sites for hydroxylation is 1. The number of pyridine rings is 2. The Morgan fingerprint density at radius 2 is 1.68 bits per heavy atom. The lowest BCUT2D eigenvalue weighted by Gasteiger charge is -2.35. The summed E-state index contributed by atoms with van der Waals surface area (Å²) in [6, 6.07) is 7.68. The normalized spacial score (nSPS) is 18.5. The standard InChI is InChI=1S/C42H47N11O7/c1-24-29-22-46-42(49-37(29)52(26-7-3-4-8-26)40(59)35(24)25(2)54)47-32-13-11-27(21-45-32)51-19-17-50(18-20-51)23-34(56)44-16-6-15-43-30-10-5-9-28-36(30)41(60)53(39(28)58)31-12-14-33(55)48-38(31)57/h5,9-11,13,21-22,26,31,43H,3-4,6-8,12,14-20,23H2,1-2H3,(H,44,56)(H,48,55,57)(H,45,46,47,49). The number of rotatable bonds is 13. The molecule has 1 atom stereocenters. The molecule has 18 nitrogen and oxygen atoms in total. The molecule has 60 heavy (non-hydrogen) atoms. The van der Waals surface area contributed by atoms with Crippen LogP contribution in [0.25, 0.3) is 11.0 Å². The van der Waals surface area contributed by atoms with Crippen molar-refractivity contribution in [2.75, 3.05) is 61.3 Å². The number of nitrogens with zero attached hydrogens (tertiary/aromatic N) is 7. The third-order valence-electron chi connectivity index (χ3n) is 11.8. The summed E-state index contributed by atoms with van der Waals surface area (Å²) in [6.45, 7) is 7.09. The number of hydrogen-bond acceptors (Lipinski definition) is 14. The molecule has 0 bridgehead atoms. The zero-order chi connectivity index (χ0) is 42.1. The van der Waals surface area contributed by atoms with E-state index in [9.17, 15) is 33.6 Å². The minimum atomic E-state index is -1.03. The zero-order valence-electron chi connectivity index (χ0n) is 33.6. The van der Waals surface area contributed by atoms with Crippen LogP contribution in [0.3, 0.4) is 0 Å². The van der Waals surface area contributed by atoms with Crippen LogP contribution in [0.5, 0.6) is 0 Å². The Labute approximate surface area is 345 Å². The molecule has 2 saturated heterocycles. The lowest BCUT2D eigenvalue weighted by atomic mass is 10.0. The molecule has 3 fully saturated rings. The van der Waals surface area contributed by atoms with Gasteiger partial charge in [-0.15, -0.1) is 0 Å². The van der Waals surface area contributed by atoms with E-state index in [4.69, 9.17) is 4.98 Å². The van der Waals surface area contributed by atoms with E-state index in [0.29, 0.717) is 79.7 Å². The minimum absolute atomic E-state index is 0.0149. The van der Waals surface area contributed by atoms with Crippen molar-refractivity contribution >= 4 is 69.5 Å². The molecule has 1 saturated carbocycles. The Morgan fingerprint density at radius 1 is 0.900 bits per heavy atom. The van der Waals surface area contributed by atoms with Crippen molar-refractivity contribution in [1.29, 1.82) is 0 Å². The molecule has 0 radical (unpaired) electrons. The Morgan fingerprint density at radius 3 is 2.40 bits per heavy atom. The van der Waals surface area contributed by atoms with Crippen LogP contribution < -0.4 is 31.7 Å². The average molecular weight is 818 g/mol. The van der Waals surface area contributed by atoms with Crippen molar-refractivity contribution in [2.24, 2.45) is 0 Å². The molecule has 18 heteroatoms. The maximum absolute atomic E-state index is 13.6. The van der Waals surface area contributed by atoms with Gasteiger partial charge in [0.1, 0.15) is 17.5 Å². The second-order valence-electron chi connectivity index (χ2n) is 15.7. The van der Waals surface area contributed by atoms with Gasteiger partial charge in [-0.05, 0) is 69.4 Å². The van der Waals surface area contributed by atoms with Gasteiger partial charge in [-0.1, -0.05) is 18.9 Å². The van der Waals surface area contributed by atoms with E-state index in [0.717, 1.165) is 36.3 Å². The molecule has 4 N–H and O–H groups in total. The van der Waals surface area contributed by atoms with Crippen molar-refractivity contribution in [3.05, 3.63) is 75.3 Å². The average Bonchev–Trinajstić information content (AvgIpc) is 3.85. The number of piperidine rings is 1. The van der Waals surface area contributed by atoms with Crippen molar-refractivity contribution < 1.29 is 28.8 Å². The van der Waals surface area contributed by atoms with Crippen LogP contribution in [-0.2, 0) is 14.4 Å². The predicted molar refractivity (Wildman–Crippen MR) is 221 cm³/mol. The molecule has 1 aromatic carbocycles. The van der Waals surface area contributed by atoms with Crippen LogP contribution in [0, 0.1) is 6.92 Å². The first kappa shape index (κ1) is 40.2. The van der Waals surface area contributed by atoms with E-state index >= 15 is 0 Å². The summed E-state index contributed by atoms with van der Waals surface area (Å²) in [5.41, 5.74) is 2.81. The van der Waals surface area contributed by atoms with Gasteiger partial charge < -0.3 is 20.9 Å². The minimum Gasteiger partial charge on any atom is -0.384 e. The first-order chi connectivity index (χ1) is 29.0. The van der Waals surface area contributed by atoms with Crippen LogP contribution in [-0.4, -0.2) is 116 Å². The van der Waals surface area contributed by atoms with E-state index in [-0.39, 0.29) is 59.4 Å². The van der Waals surface area contributed by atoms with Gasteiger partial charge in [-0.2, -0.15) is 4.98 Å². The highest BCUT2D eigenvalue weighted by Gasteiger charge is 2.45. The summed E-state index contributed by atoms with van der Waals surface area (Å²) in [4.78, 5) is 108. The van der Waals surface area contributed by atoms with Crippen molar-refractivity contribution in [1.82, 2.24) is 40.0 Å². The number of imide groups is 2. The molecule has 8 rings (SSSR count). The fraction of sp³-hybridized carbons (Fsp3) is 0.429. The van der Waals surface area contributed by atoms with Crippen LogP contribution in [0.1, 0.15) is 94.5 Å². The first-order valence-corrected chi connectivity index (χ1v) is 20.5. The summed E-state index contributed by atoms with van der Waals surface area (Å²) < 4.78 is 1.69. The van der Waals surface area contributed by atoms with Gasteiger partial charge in [0, 0.05) is 69.0 Å². The molecule has 4 aliphatic rings. The highest BCUT2D eigenvalue weighted by molar-refractivity contribution is 6.25. The number of benzene rings is 1. The Balaban J connectivity index is 0.790. The SMILES string of the molecule is CC(=O)c1c(C)c2cnc(Nc3ccc(N4CCN(CC(=O)NCCCNc5cccc6c5C(=O)N(C5CCC(=O)NC5=O)C6=O)CC4)cn3)nc2n(C2CCCC2)c1=O. The lowest BCUT2D eigenvalue weighted by Crippen LogP contribution is -2.54. The maximum atomic E-state index is 13.6. The number of hydrogen-bond donors (Lipinski definition) is 4. The summed E-state index contributed by atoms with van der Waals surface area (Å²) >= 11 is 0. The highest BCUT2D eigenvalue weighted by atomic mass is 16.2. The fourth-order valence-corrected chi connectivity index (χ4v) is 8.70. The molecule has 0 spiro atoms. The molecule has 6 heterocycles. The number of aromatic nitrogens is 4. The fourth-order valence-electron chi connectivity index (χ4n) is 8.70. The van der Waals surface area contributed by atoms with Gasteiger partial charge in [0.05, 0.1) is 35.1 Å². The number of fused-ring (bicyclic) bond motifs is 2. The van der Waals surface area contributed by atoms with E-state index < -0.39 is 29.7 Å². The Kier molecular flexibility index (Phi) is 11.4. The second-order valence-corrected chi connectivity index (χ2v) is 15.7. The van der Waals surface area contributed by atoms with Gasteiger partial charge in [0.15, 0.2) is 5.78 Å². The summed E-state index contributed by atoms with van der Waals surface area (Å²) in [7, 11) is 0. The van der Waals surface area contributed by atoms with Crippen molar-refractivity contribution in [2.45, 2.75) is 70.9 Å². The van der Waals surface area contributed by atoms with Gasteiger partial charge in [-0.3, -0.25) is 53.2 Å². The number of anilines is 4. The number of Topliss-reactive ketones (excluding diaryl/α,β-unsaturated/α-hetero) is 1. The molecule has 1 unspecified atom stereocenters. The maximum Gasteiger partial charge on any atom is 0.264 e. The van der Waals surface area contributed by atoms with Crippen molar-refractivity contribution in [3.8, 4) is 0 Å². The highest BCUT2D eigenvalue weighted by Crippen LogP contribution is 2.34. The number of amides is 5. The molecule has 3 aromatic heterocycles. The van der Waals surface area contributed by atoms with E-state index in [1.807, 2.05) is 12.1 Å². The predicted octanol–water partition coefficient (Wildman–Crippen LogP) is 2.70. The van der Waals surface area contributed by atoms with E-state index in [1.165, 1.54) is 6.92 Å². The van der Waals surface area contributed by atoms with Crippen molar-refractivity contribution in [3.63, 3.8) is 0 Å². The molecule has 1 aliphatic carbocycles. The topological polar surface area (TPSA) is 221 Å². The number of nitrogens with one attached hydrogen (secondary N) is 4. The van der Waals surface area contributed by atoms with Gasteiger partial charge in [-0.25, -0.2) is 9.97 Å². The summed E-state index contributed by atoms with van der Waals surface area (Å²) in [6.07, 6.45) is 7.91. The third-order valence-corrected chi connectivity index (χ3v) is 11.8. The van der Waals surface area contributed by atoms with Crippen LogP contribution >= 0.6 is 0 Å². The third kappa shape index (κ3) is 7.93. The smallest absolute Gasteiger partial charge is 0.264 e. The lowest BCUT2D eigenvalue weighted by molar-refractivity contribution is -0.136. The summed E-state index contributed by atoms with van der Waals surface area (Å²) in [5.74, 6) is -1.72. The van der Waals surface area contributed by atoms with Gasteiger partial charge in [0.2, 0.25) is 23.7 Å². The van der Waals surface area contributed by atoms with Gasteiger partial charge >= 0.3 is 0 Å². The summed E-state index contributed by atoms with van der Waals surface area (Å²) in [5, 5.41) is 12.2. The Bertz CT molecular complexity index is 2450. The molecule has 5 amide bonds. The molecular weight excluding hydrogens is 771 g/mol. The molecule has 3 aliphatic heterocycles.